The lowest BCUT2D eigenvalue weighted by molar-refractivity contribution is -0.143. The molecule has 0 saturated carbocycles. The van der Waals surface area contributed by atoms with Crippen molar-refractivity contribution in [3.8, 4) is 0 Å². The van der Waals surface area contributed by atoms with Gasteiger partial charge in [0.15, 0.2) is 0 Å². The van der Waals surface area contributed by atoms with Crippen molar-refractivity contribution in [3.63, 3.8) is 0 Å². The van der Waals surface area contributed by atoms with Crippen LogP contribution in [0, 0.1) is 0 Å². The van der Waals surface area contributed by atoms with Crippen molar-refractivity contribution in [1.82, 2.24) is 5.32 Å². The second kappa shape index (κ2) is 72.1. The molecule has 2 atom stereocenters. The van der Waals surface area contributed by atoms with Gasteiger partial charge in [-0.1, -0.05) is 386 Å². The number of carbonyl (C=O) groups is 2. The molecule has 0 rings (SSSR count). The van der Waals surface area contributed by atoms with Crippen LogP contribution in [0.15, 0.2) is 12.2 Å². The van der Waals surface area contributed by atoms with Crippen molar-refractivity contribution in [2.45, 2.75) is 450 Å². The molecule has 0 heterocycles. The van der Waals surface area contributed by atoms with Gasteiger partial charge in [0.2, 0.25) is 5.91 Å². The number of esters is 1. The third kappa shape index (κ3) is 67.7. The molecular formula is C76H149NO5. The van der Waals surface area contributed by atoms with E-state index in [-0.39, 0.29) is 18.5 Å². The maximum Gasteiger partial charge on any atom is 0.305 e. The molecule has 3 N–H and O–H groups in total. The van der Waals surface area contributed by atoms with E-state index in [1.165, 1.54) is 360 Å². The summed E-state index contributed by atoms with van der Waals surface area (Å²) >= 11 is 0. The van der Waals surface area contributed by atoms with Gasteiger partial charge in [0.25, 0.3) is 0 Å². The van der Waals surface area contributed by atoms with Gasteiger partial charge in [0, 0.05) is 12.8 Å². The second-order valence-electron chi connectivity index (χ2n) is 26.3. The Balaban J connectivity index is 3.34. The van der Waals surface area contributed by atoms with Crippen LogP contribution in [0.5, 0.6) is 0 Å². The SMILES string of the molecule is CCCCC/C=C\CCCCCCCC(=O)OCCCCCCCCCCCCCCCCCCCCCCCCCCCCCCCC(=O)NC(CO)C(O)CCCCCCCCCCCCCCCCCCCCCCCCCC. The number of amides is 1. The fourth-order valence-corrected chi connectivity index (χ4v) is 12.3. The van der Waals surface area contributed by atoms with Crippen LogP contribution in [0.25, 0.3) is 0 Å². The van der Waals surface area contributed by atoms with E-state index in [0.717, 1.165) is 44.9 Å². The van der Waals surface area contributed by atoms with Gasteiger partial charge in [-0.05, 0) is 51.4 Å². The van der Waals surface area contributed by atoms with Gasteiger partial charge in [-0.25, -0.2) is 0 Å². The lowest BCUT2D eigenvalue weighted by atomic mass is 10.0. The standard InChI is InChI=1S/C76H149NO5/c1-3-5-7-9-11-13-15-17-18-19-20-21-22-30-33-36-39-42-45-48-52-56-60-64-68-74(79)73(72-78)77-75(80)69-65-61-57-53-49-46-43-40-37-34-31-28-26-24-23-25-27-29-32-35-38-41-44-47-51-55-59-63-67-71-82-76(81)70-66-62-58-54-50-16-14-12-10-8-6-4-2/h12,14,73-74,78-79H,3-11,13,15-72H2,1-2H3,(H,77,80)/b14-12-. The van der Waals surface area contributed by atoms with E-state index in [2.05, 4.69) is 31.3 Å². The fraction of sp³-hybridized carbons (Fsp3) is 0.947. The first-order valence-corrected chi connectivity index (χ1v) is 37.9. The van der Waals surface area contributed by atoms with Gasteiger partial charge in [0.1, 0.15) is 0 Å². The summed E-state index contributed by atoms with van der Waals surface area (Å²) < 4.78 is 5.48. The predicted octanol–water partition coefficient (Wildman–Crippen LogP) is 24.7. The summed E-state index contributed by atoms with van der Waals surface area (Å²) in [5.41, 5.74) is 0. The molecule has 6 nitrogen and oxygen atoms in total. The summed E-state index contributed by atoms with van der Waals surface area (Å²) in [6.45, 7) is 4.98. The van der Waals surface area contributed by atoms with Crippen LogP contribution in [0.1, 0.15) is 438 Å². The van der Waals surface area contributed by atoms with Gasteiger partial charge in [0.05, 0.1) is 25.4 Å². The van der Waals surface area contributed by atoms with Crippen LogP contribution in [-0.2, 0) is 14.3 Å². The number of ether oxygens (including phenoxy) is 1. The van der Waals surface area contributed by atoms with Gasteiger partial charge < -0.3 is 20.3 Å². The summed E-state index contributed by atoms with van der Waals surface area (Å²) in [7, 11) is 0. The Morgan fingerprint density at radius 3 is 0.890 bits per heavy atom. The number of hydrogen-bond donors (Lipinski definition) is 3. The van der Waals surface area contributed by atoms with E-state index in [9.17, 15) is 19.8 Å². The van der Waals surface area contributed by atoms with E-state index in [4.69, 9.17) is 4.74 Å². The van der Waals surface area contributed by atoms with Crippen LogP contribution in [0.4, 0.5) is 0 Å². The van der Waals surface area contributed by atoms with Gasteiger partial charge in [-0.2, -0.15) is 0 Å². The molecule has 0 aliphatic heterocycles. The minimum Gasteiger partial charge on any atom is -0.466 e. The third-order valence-corrected chi connectivity index (χ3v) is 18.1. The van der Waals surface area contributed by atoms with Crippen LogP contribution in [0.2, 0.25) is 0 Å². The zero-order chi connectivity index (χ0) is 59.2. The van der Waals surface area contributed by atoms with Crippen molar-refractivity contribution >= 4 is 11.9 Å². The maximum atomic E-state index is 12.6. The molecule has 0 saturated heterocycles. The smallest absolute Gasteiger partial charge is 0.305 e. The van der Waals surface area contributed by atoms with Crippen molar-refractivity contribution in [3.05, 3.63) is 12.2 Å². The monoisotopic (exact) mass is 1160 g/mol. The number of nitrogens with one attached hydrogen (secondary N) is 1. The Morgan fingerprint density at radius 2 is 0.573 bits per heavy atom. The summed E-state index contributed by atoms with van der Waals surface area (Å²) in [4.78, 5) is 24.6. The van der Waals surface area contributed by atoms with Crippen LogP contribution >= 0.6 is 0 Å². The highest BCUT2D eigenvalue weighted by molar-refractivity contribution is 5.76. The largest absolute Gasteiger partial charge is 0.466 e. The quantitative estimate of drug-likeness (QED) is 0.0320. The summed E-state index contributed by atoms with van der Waals surface area (Å²) in [5.74, 6) is -0.0151. The normalized spacial score (nSPS) is 12.5. The first-order valence-electron chi connectivity index (χ1n) is 37.9. The minimum atomic E-state index is -0.663. The Hall–Kier alpha value is -1.40. The van der Waals surface area contributed by atoms with E-state index in [1.54, 1.807) is 0 Å². The first kappa shape index (κ1) is 80.6. The Kier molecular flexibility index (Phi) is 70.8. The number of hydrogen-bond acceptors (Lipinski definition) is 5. The van der Waals surface area contributed by atoms with Gasteiger partial charge >= 0.3 is 5.97 Å². The molecule has 0 spiro atoms. The maximum absolute atomic E-state index is 12.6. The Morgan fingerprint density at radius 1 is 0.329 bits per heavy atom. The fourth-order valence-electron chi connectivity index (χ4n) is 12.3. The highest BCUT2D eigenvalue weighted by atomic mass is 16.5. The molecule has 82 heavy (non-hydrogen) atoms. The van der Waals surface area contributed by atoms with Crippen molar-refractivity contribution in [1.29, 1.82) is 0 Å². The number of carbonyl (C=O) groups excluding carboxylic acids is 2. The lowest BCUT2D eigenvalue weighted by Gasteiger charge is -2.22. The molecule has 0 aliphatic carbocycles. The Labute approximate surface area is 514 Å². The number of rotatable bonds is 72. The first-order chi connectivity index (χ1) is 40.5. The molecule has 488 valence electrons. The molecule has 1 amide bonds. The minimum absolute atomic E-state index is 0.0105. The molecule has 0 aromatic rings. The molecule has 0 bridgehead atoms. The second-order valence-corrected chi connectivity index (χ2v) is 26.3. The van der Waals surface area contributed by atoms with Crippen molar-refractivity contribution in [2.24, 2.45) is 0 Å². The molecule has 6 heteroatoms. The van der Waals surface area contributed by atoms with Crippen molar-refractivity contribution < 1.29 is 24.5 Å². The van der Waals surface area contributed by atoms with Gasteiger partial charge in [-0.15, -0.1) is 0 Å². The van der Waals surface area contributed by atoms with Crippen LogP contribution < -0.4 is 5.32 Å². The number of aliphatic hydroxyl groups is 2. The summed E-state index contributed by atoms with van der Waals surface area (Å²) in [5, 5.41) is 23.5. The number of unbranched alkanes of at least 4 members (excludes halogenated alkanes) is 59. The average molecular weight is 1160 g/mol. The lowest BCUT2D eigenvalue weighted by Crippen LogP contribution is -2.45. The highest BCUT2D eigenvalue weighted by Gasteiger charge is 2.20. The predicted molar refractivity (Wildman–Crippen MR) is 361 cm³/mol. The highest BCUT2D eigenvalue weighted by Crippen LogP contribution is 2.20. The third-order valence-electron chi connectivity index (χ3n) is 18.1. The number of allylic oxidation sites excluding steroid dienone is 2. The Bertz CT molecular complexity index is 1240. The molecule has 0 aromatic heterocycles. The topological polar surface area (TPSA) is 95.9 Å². The molecule has 0 aromatic carbocycles. The van der Waals surface area contributed by atoms with E-state index in [1.807, 2.05) is 0 Å². The molecular weight excluding hydrogens is 1010 g/mol. The van der Waals surface area contributed by atoms with Crippen LogP contribution in [-0.4, -0.2) is 47.4 Å². The van der Waals surface area contributed by atoms with Crippen LogP contribution in [0.3, 0.4) is 0 Å². The number of aliphatic hydroxyl groups excluding tert-OH is 2. The molecule has 0 aliphatic rings. The van der Waals surface area contributed by atoms with E-state index < -0.39 is 12.1 Å². The zero-order valence-corrected chi connectivity index (χ0v) is 56.0. The van der Waals surface area contributed by atoms with E-state index >= 15 is 0 Å². The summed E-state index contributed by atoms with van der Waals surface area (Å²) in [6, 6.07) is -0.539. The molecule has 0 radical (unpaired) electrons. The van der Waals surface area contributed by atoms with Crippen molar-refractivity contribution in [2.75, 3.05) is 13.2 Å². The van der Waals surface area contributed by atoms with Gasteiger partial charge in [-0.3, -0.25) is 9.59 Å². The molecule has 2 unspecified atom stereocenters. The summed E-state index contributed by atoms with van der Waals surface area (Å²) in [6.07, 6.45) is 90.0. The average Bonchev–Trinajstić information content (AvgIpc) is 3.48. The molecule has 0 fully saturated rings. The van der Waals surface area contributed by atoms with E-state index in [0.29, 0.717) is 25.9 Å². The zero-order valence-electron chi connectivity index (χ0n) is 56.0.